The van der Waals surface area contributed by atoms with Crippen molar-refractivity contribution in [2.24, 2.45) is 0 Å². The maximum atomic E-state index is 12.9. The zero-order valence-electron chi connectivity index (χ0n) is 18.1. The standard InChI is InChI=1S/C23H30ClN3O3S/c1-3-22(27(31(2,29)30)21-12-10-20(24)11-13-21)23(28)25-16-18-6-8-19(9-7-18)17-26-14-4-5-15-26/h6-13,22H,3-5,14-17H2,1-2H3,(H,25,28). The third-order valence-corrected chi connectivity index (χ3v) is 6.94. The van der Waals surface area contributed by atoms with E-state index in [1.165, 1.54) is 18.4 Å². The molecule has 0 bridgehead atoms. The van der Waals surface area contributed by atoms with Crippen LogP contribution in [0.2, 0.25) is 5.02 Å². The lowest BCUT2D eigenvalue weighted by atomic mass is 10.1. The highest BCUT2D eigenvalue weighted by molar-refractivity contribution is 7.92. The molecule has 1 unspecified atom stereocenters. The number of carbonyl (C=O) groups is 1. The van der Waals surface area contributed by atoms with Gasteiger partial charge in [-0.1, -0.05) is 42.8 Å². The van der Waals surface area contributed by atoms with Crippen molar-refractivity contribution in [2.75, 3.05) is 23.7 Å². The molecule has 0 spiro atoms. The van der Waals surface area contributed by atoms with Crippen molar-refractivity contribution in [1.29, 1.82) is 0 Å². The molecular formula is C23H30ClN3O3S. The summed E-state index contributed by atoms with van der Waals surface area (Å²) < 4.78 is 26.1. The van der Waals surface area contributed by atoms with Crippen molar-refractivity contribution >= 4 is 33.2 Å². The highest BCUT2D eigenvalue weighted by Crippen LogP contribution is 2.24. The minimum atomic E-state index is -3.66. The summed E-state index contributed by atoms with van der Waals surface area (Å²) in [5.74, 6) is -0.330. The highest BCUT2D eigenvalue weighted by Gasteiger charge is 2.31. The third kappa shape index (κ3) is 6.45. The van der Waals surface area contributed by atoms with E-state index in [4.69, 9.17) is 11.6 Å². The van der Waals surface area contributed by atoms with E-state index >= 15 is 0 Å². The number of hydrogen-bond acceptors (Lipinski definition) is 4. The molecule has 0 aliphatic carbocycles. The first-order valence-electron chi connectivity index (χ1n) is 10.6. The van der Waals surface area contributed by atoms with E-state index in [2.05, 4.69) is 22.3 Å². The van der Waals surface area contributed by atoms with Crippen molar-refractivity contribution in [2.45, 2.75) is 45.3 Å². The second-order valence-corrected chi connectivity index (χ2v) is 10.3. The minimum absolute atomic E-state index is 0.330. The van der Waals surface area contributed by atoms with Crippen LogP contribution in [0, 0.1) is 0 Å². The normalized spacial score (nSPS) is 15.6. The van der Waals surface area contributed by atoms with E-state index in [1.807, 2.05) is 12.1 Å². The number of anilines is 1. The largest absolute Gasteiger partial charge is 0.350 e. The molecule has 1 atom stereocenters. The van der Waals surface area contributed by atoms with Gasteiger partial charge in [0.15, 0.2) is 0 Å². The maximum absolute atomic E-state index is 12.9. The van der Waals surface area contributed by atoms with Gasteiger partial charge in [0.05, 0.1) is 11.9 Å². The number of rotatable bonds is 9. The number of benzene rings is 2. The number of amides is 1. The van der Waals surface area contributed by atoms with Gasteiger partial charge in [-0.2, -0.15) is 0 Å². The Labute approximate surface area is 190 Å². The van der Waals surface area contributed by atoms with Gasteiger partial charge in [-0.25, -0.2) is 8.42 Å². The van der Waals surface area contributed by atoms with E-state index in [0.29, 0.717) is 23.7 Å². The third-order valence-electron chi connectivity index (χ3n) is 5.51. The number of carbonyl (C=O) groups excluding carboxylic acids is 1. The quantitative estimate of drug-likeness (QED) is 0.614. The number of likely N-dealkylation sites (tertiary alicyclic amines) is 1. The Morgan fingerprint density at radius 2 is 1.65 bits per heavy atom. The fourth-order valence-corrected chi connectivity index (χ4v) is 5.25. The van der Waals surface area contributed by atoms with Crippen LogP contribution in [0.4, 0.5) is 5.69 Å². The lowest BCUT2D eigenvalue weighted by Crippen LogP contribution is -2.49. The molecule has 3 rings (SSSR count). The lowest BCUT2D eigenvalue weighted by molar-refractivity contribution is -0.122. The molecule has 0 radical (unpaired) electrons. The Morgan fingerprint density at radius 1 is 1.06 bits per heavy atom. The first kappa shape index (κ1) is 23.6. The van der Waals surface area contributed by atoms with Crippen molar-refractivity contribution in [3.05, 3.63) is 64.7 Å². The van der Waals surface area contributed by atoms with Gasteiger partial charge in [0.2, 0.25) is 15.9 Å². The summed E-state index contributed by atoms with van der Waals surface area (Å²) in [6, 6.07) is 13.8. The highest BCUT2D eigenvalue weighted by atomic mass is 35.5. The van der Waals surface area contributed by atoms with Crippen LogP contribution >= 0.6 is 11.6 Å². The van der Waals surface area contributed by atoms with Gasteiger partial charge in [0, 0.05) is 18.1 Å². The second-order valence-electron chi connectivity index (χ2n) is 7.98. The lowest BCUT2D eigenvalue weighted by Gasteiger charge is -2.30. The van der Waals surface area contributed by atoms with E-state index in [1.54, 1.807) is 31.2 Å². The van der Waals surface area contributed by atoms with Crippen molar-refractivity contribution in [1.82, 2.24) is 10.2 Å². The predicted molar refractivity (Wildman–Crippen MR) is 126 cm³/mol. The molecule has 2 aromatic rings. The molecule has 168 valence electrons. The van der Waals surface area contributed by atoms with E-state index in [0.717, 1.165) is 35.8 Å². The molecule has 2 aromatic carbocycles. The van der Waals surface area contributed by atoms with Crippen LogP contribution in [0.5, 0.6) is 0 Å². The predicted octanol–water partition coefficient (Wildman–Crippen LogP) is 3.80. The van der Waals surface area contributed by atoms with Crippen molar-refractivity contribution in [3.63, 3.8) is 0 Å². The monoisotopic (exact) mass is 463 g/mol. The van der Waals surface area contributed by atoms with Gasteiger partial charge in [0.1, 0.15) is 6.04 Å². The van der Waals surface area contributed by atoms with Crippen molar-refractivity contribution < 1.29 is 13.2 Å². The van der Waals surface area contributed by atoms with Crippen LogP contribution in [0.25, 0.3) is 0 Å². The molecule has 8 heteroatoms. The molecule has 1 aliphatic heterocycles. The van der Waals surface area contributed by atoms with Gasteiger partial charge in [-0.3, -0.25) is 14.0 Å². The van der Waals surface area contributed by atoms with Gasteiger partial charge in [-0.05, 0) is 67.7 Å². The number of sulfonamides is 1. The van der Waals surface area contributed by atoms with Crippen LogP contribution in [-0.2, 0) is 27.9 Å². The molecular weight excluding hydrogens is 434 g/mol. The van der Waals surface area contributed by atoms with Gasteiger partial charge in [-0.15, -0.1) is 0 Å². The summed E-state index contributed by atoms with van der Waals surface area (Å²) in [5, 5.41) is 3.40. The molecule has 31 heavy (non-hydrogen) atoms. The Balaban J connectivity index is 1.66. The van der Waals surface area contributed by atoms with E-state index in [-0.39, 0.29) is 5.91 Å². The average molecular weight is 464 g/mol. The fraction of sp³-hybridized carbons (Fsp3) is 0.435. The molecule has 1 amide bonds. The molecule has 1 saturated heterocycles. The second kappa shape index (κ2) is 10.5. The average Bonchev–Trinajstić information content (AvgIpc) is 3.24. The summed E-state index contributed by atoms with van der Waals surface area (Å²) >= 11 is 5.93. The Morgan fingerprint density at radius 3 is 2.19 bits per heavy atom. The van der Waals surface area contributed by atoms with Crippen LogP contribution in [0.15, 0.2) is 48.5 Å². The van der Waals surface area contributed by atoms with Gasteiger partial charge < -0.3 is 5.32 Å². The van der Waals surface area contributed by atoms with Crippen LogP contribution in [0.1, 0.15) is 37.3 Å². The van der Waals surface area contributed by atoms with Gasteiger partial charge in [0.25, 0.3) is 0 Å². The molecule has 1 heterocycles. The topological polar surface area (TPSA) is 69.7 Å². The SMILES string of the molecule is CCC(C(=O)NCc1ccc(CN2CCCC2)cc1)N(c1ccc(Cl)cc1)S(C)(=O)=O. The zero-order chi connectivity index (χ0) is 22.4. The number of halogens is 1. The smallest absolute Gasteiger partial charge is 0.244 e. The summed E-state index contributed by atoms with van der Waals surface area (Å²) in [4.78, 5) is 15.4. The summed E-state index contributed by atoms with van der Waals surface area (Å²) in [6.07, 6.45) is 3.99. The molecule has 0 saturated carbocycles. The summed E-state index contributed by atoms with van der Waals surface area (Å²) in [5.41, 5.74) is 2.65. The molecule has 1 N–H and O–H groups in total. The maximum Gasteiger partial charge on any atom is 0.244 e. The molecule has 1 fully saturated rings. The van der Waals surface area contributed by atoms with Crippen LogP contribution < -0.4 is 9.62 Å². The Bertz CT molecular complexity index is 972. The summed E-state index contributed by atoms with van der Waals surface area (Å²) in [6.45, 7) is 5.40. The molecule has 6 nitrogen and oxygen atoms in total. The minimum Gasteiger partial charge on any atom is -0.350 e. The number of nitrogens with zero attached hydrogens (tertiary/aromatic N) is 2. The summed E-state index contributed by atoms with van der Waals surface area (Å²) in [7, 11) is -3.66. The molecule has 1 aliphatic rings. The number of nitrogens with one attached hydrogen (secondary N) is 1. The first-order valence-corrected chi connectivity index (χ1v) is 12.8. The van der Waals surface area contributed by atoms with Crippen molar-refractivity contribution in [3.8, 4) is 0 Å². The van der Waals surface area contributed by atoms with E-state index < -0.39 is 16.1 Å². The van der Waals surface area contributed by atoms with Gasteiger partial charge >= 0.3 is 0 Å². The van der Waals surface area contributed by atoms with Crippen LogP contribution in [-0.4, -0.2) is 44.6 Å². The first-order chi connectivity index (χ1) is 14.8. The Hall–Kier alpha value is -2.09. The van der Waals surface area contributed by atoms with E-state index in [9.17, 15) is 13.2 Å². The molecule has 0 aromatic heterocycles. The zero-order valence-corrected chi connectivity index (χ0v) is 19.6. The van der Waals surface area contributed by atoms with Crippen LogP contribution in [0.3, 0.4) is 0 Å². The fourth-order valence-electron chi connectivity index (χ4n) is 3.92. The Kier molecular flexibility index (Phi) is 7.97. The number of hydrogen-bond donors (Lipinski definition) is 1.